The third-order valence-electron chi connectivity index (χ3n) is 4.54. The molecule has 0 atom stereocenters. The summed E-state index contributed by atoms with van der Waals surface area (Å²) in [5, 5.41) is 1.95. The molecule has 1 saturated heterocycles. The maximum Gasteiger partial charge on any atom is 0.290 e. The molecule has 3 aromatic rings. The zero-order chi connectivity index (χ0) is 18.6. The number of amides is 2. The summed E-state index contributed by atoms with van der Waals surface area (Å²) in [6, 6.07) is 16.4. The quantitative estimate of drug-likeness (QED) is 0.511. The standard InChI is InChI=1S/C21H19N3O2S/c25-20-19(27-21(26)23-20)13-16-9-10-17-18(12-16)24(14-22-17)11-5-4-8-15-6-2-1-3-7-15/h1-3,6-7,9-10,12-14H,4-5,8,11H2,(H,23,25,26). The molecule has 136 valence electrons. The van der Waals surface area contributed by atoms with Crippen molar-refractivity contribution in [2.45, 2.75) is 25.8 Å². The summed E-state index contributed by atoms with van der Waals surface area (Å²) in [6.07, 6.45) is 6.87. The van der Waals surface area contributed by atoms with Gasteiger partial charge in [-0.05, 0) is 60.4 Å². The van der Waals surface area contributed by atoms with Crippen molar-refractivity contribution in [2.24, 2.45) is 0 Å². The summed E-state index contributed by atoms with van der Waals surface area (Å²) in [5.41, 5.74) is 4.23. The van der Waals surface area contributed by atoms with E-state index in [1.165, 1.54) is 5.56 Å². The Balaban J connectivity index is 1.45. The van der Waals surface area contributed by atoms with Gasteiger partial charge in [0.1, 0.15) is 0 Å². The molecule has 0 aliphatic carbocycles. The molecule has 2 aromatic carbocycles. The summed E-state index contributed by atoms with van der Waals surface area (Å²) < 4.78 is 2.15. The van der Waals surface area contributed by atoms with Gasteiger partial charge >= 0.3 is 0 Å². The highest BCUT2D eigenvalue weighted by Gasteiger charge is 2.24. The van der Waals surface area contributed by atoms with Crippen molar-refractivity contribution in [1.29, 1.82) is 0 Å². The molecule has 1 aliphatic rings. The Morgan fingerprint density at radius 3 is 2.70 bits per heavy atom. The monoisotopic (exact) mass is 377 g/mol. The Kier molecular flexibility index (Phi) is 5.07. The van der Waals surface area contributed by atoms with Crippen molar-refractivity contribution in [2.75, 3.05) is 0 Å². The lowest BCUT2D eigenvalue weighted by molar-refractivity contribution is -0.115. The highest BCUT2D eigenvalue weighted by molar-refractivity contribution is 8.18. The van der Waals surface area contributed by atoms with Crippen LogP contribution >= 0.6 is 11.8 Å². The smallest absolute Gasteiger partial charge is 0.290 e. The number of rotatable bonds is 6. The molecule has 2 amide bonds. The van der Waals surface area contributed by atoms with Crippen molar-refractivity contribution < 1.29 is 9.59 Å². The molecule has 1 N–H and O–H groups in total. The zero-order valence-electron chi connectivity index (χ0n) is 14.7. The van der Waals surface area contributed by atoms with Gasteiger partial charge in [-0.1, -0.05) is 36.4 Å². The third kappa shape index (κ3) is 4.11. The third-order valence-corrected chi connectivity index (χ3v) is 5.35. The minimum atomic E-state index is -0.334. The van der Waals surface area contributed by atoms with Crippen LogP contribution in [0, 0.1) is 0 Å². The number of nitrogens with one attached hydrogen (secondary N) is 1. The first-order valence-corrected chi connectivity index (χ1v) is 9.74. The number of aryl methyl sites for hydroxylation is 2. The highest BCUT2D eigenvalue weighted by Crippen LogP contribution is 2.26. The van der Waals surface area contributed by atoms with E-state index >= 15 is 0 Å². The number of unbranched alkanes of at least 4 members (excludes halogenated alkanes) is 1. The van der Waals surface area contributed by atoms with Crippen molar-refractivity contribution in [1.82, 2.24) is 14.9 Å². The average molecular weight is 377 g/mol. The van der Waals surface area contributed by atoms with E-state index in [9.17, 15) is 9.59 Å². The number of carbonyl (C=O) groups excluding carboxylic acids is 2. The van der Waals surface area contributed by atoms with Crippen LogP contribution in [-0.2, 0) is 17.8 Å². The van der Waals surface area contributed by atoms with Gasteiger partial charge in [-0.25, -0.2) is 4.98 Å². The van der Waals surface area contributed by atoms with Gasteiger partial charge in [-0.15, -0.1) is 0 Å². The number of hydrogen-bond donors (Lipinski definition) is 1. The number of aromatic nitrogens is 2. The lowest BCUT2D eigenvalue weighted by Gasteiger charge is -2.05. The van der Waals surface area contributed by atoms with Gasteiger partial charge in [0.2, 0.25) is 0 Å². The maximum atomic E-state index is 11.7. The second kappa shape index (κ2) is 7.80. The predicted molar refractivity (Wildman–Crippen MR) is 108 cm³/mol. The van der Waals surface area contributed by atoms with Gasteiger partial charge in [-0.3, -0.25) is 14.9 Å². The van der Waals surface area contributed by atoms with Crippen molar-refractivity contribution >= 4 is 40.0 Å². The van der Waals surface area contributed by atoms with Crippen molar-refractivity contribution in [3.05, 3.63) is 70.9 Å². The van der Waals surface area contributed by atoms with Crippen molar-refractivity contribution in [3.63, 3.8) is 0 Å². The first kappa shape index (κ1) is 17.5. The molecule has 1 fully saturated rings. The number of imide groups is 1. The summed E-state index contributed by atoms with van der Waals surface area (Å²) in [4.78, 5) is 27.9. The topological polar surface area (TPSA) is 64.0 Å². The van der Waals surface area contributed by atoms with Gasteiger partial charge in [0.05, 0.1) is 22.3 Å². The van der Waals surface area contributed by atoms with Crippen LogP contribution < -0.4 is 5.32 Å². The number of benzene rings is 2. The van der Waals surface area contributed by atoms with Crippen LogP contribution in [-0.4, -0.2) is 20.7 Å². The fourth-order valence-electron chi connectivity index (χ4n) is 3.17. The molecular weight excluding hydrogens is 358 g/mol. The average Bonchev–Trinajstić information content (AvgIpc) is 3.22. The summed E-state index contributed by atoms with van der Waals surface area (Å²) >= 11 is 0.934. The van der Waals surface area contributed by atoms with Crippen LogP contribution in [0.1, 0.15) is 24.0 Å². The molecule has 0 spiro atoms. The summed E-state index contributed by atoms with van der Waals surface area (Å²) in [7, 11) is 0. The van der Waals surface area contributed by atoms with Crippen LogP contribution in [0.5, 0.6) is 0 Å². The first-order chi connectivity index (χ1) is 13.2. The van der Waals surface area contributed by atoms with Gasteiger partial charge in [-0.2, -0.15) is 0 Å². The number of nitrogens with zero attached hydrogens (tertiary/aromatic N) is 2. The van der Waals surface area contributed by atoms with E-state index in [0.717, 1.165) is 54.2 Å². The molecule has 0 bridgehead atoms. The molecule has 0 unspecified atom stereocenters. The van der Waals surface area contributed by atoms with Crippen LogP contribution in [0.15, 0.2) is 59.8 Å². The molecule has 2 heterocycles. The Labute approximate surface area is 161 Å². The van der Waals surface area contributed by atoms with E-state index in [2.05, 4.69) is 39.1 Å². The van der Waals surface area contributed by atoms with Crippen LogP contribution in [0.2, 0.25) is 0 Å². The molecule has 5 nitrogen and oxygen atoms in total. The predicted octanol–water partition coefficient (Wildman–Crippen LogP) is 4.38. The highest BCUT2D eigenvalue weighted by atomic mass is 32.2. The lowest BCUT2D eigenvalue weighted by atomic mass is 10.1. The lowest BCUT2D eigenvalue weighted by Crippen LogP contribution is -2.17. The van der Waals surface area contributed by atoms with Gasteiger partial charge in [0.15, 0.2) is 0 Å². The van der Waals surface area contributed by atoms with Crippen LogP contribution in [0.4, 0.5) is 4.79 Å². The minimum Gasteiger partial charge on any atom is -0.331 e. The molecule has 1 aliphatic heterocycles. The molecule has 4 rings (SSSR count). The van der Waals surface area contributed by atoms with Crippen molar-refractivity contribution in [3.8, 4) is 0 Å². The minimum absolute atomic E-state index is 0.323. The summed E-state index contributed by atoms with van der Waals surface area (Å²) in [6.45, 7) is 0.900. The Bertz CT molecular complexity index is 1020. The Hall–Kier alpha value is -2.86. The number of imidazole rings is 1. The number of hydrogen-bond acceptors (Lipinski definition) is 4. The number of thioether (sulfide) groups is 1. The van der Waals surface area contributed by atoms with E-state index in [1.54, 1.807) is 6.08 Å². The molecule has 6 heteroatoms. The second-order valence-corrected chi connectivity index (χ2v) is 7.50. The fourth-order valence-corrected chi connectivity index (χ4v) is 3.85. The van der Waals surface area contributed by atoms with Crippen LogP contribution in [0.25, 0.3) is 17.1 Å². The SMILES string of the molecule is O=C1NC(=O)C(=Cc2ccc3ncn(CCCCc4ccccc4)c3c2)S1. The van der Waals surface area contributed by atoms with Gasteiger partial charge in [0, 0.05) is 6.54 Å². The van der Waals surface area contributed by atoms with E-state index in [0.29, 0.717) is 4.91 Å². The van der Waals surface area contributed by atoms with E-state index in [4.69, 9.17) is 0 Å². The van der Waals surface area contributed by atoms with Gasteiger partial charge in [0.25, 0.3) is 11.1 Å². The van der Waals surface area contributed by atoms with E-state index < -0.39 is 0 Å². The fraction of sp³-hybridized carbons (Fsp3) is 0.190. The normalized spacial score (nSPS) is 15.6. The number of carbonyl (C=O) groups is 2. The second-order valence-electron chi connectivity index (χ2n) is 6.48. The Morgan fingerprint density at radius 2 is 1.93 bits per heavy atom. The number of fused-ring (bicyclic) bond motifs is 1. The largest absolute Gasteiger partial charge is 0.331 e. The molecule has 0 saturated carbocycles. The van der Waals surface area contributed by atoms with E-state index in [-0.39, 0.29) is 11.1 Å². The molecule has 27 heavy (non-hydrogen) atoms. The molecule has 0 radical (unpaired) electrons. The summed E-state index contributed by atoms with van der Waals surface area (Å²) in [5.74, 6) is -0.334. The molecule has 1 aromatic heterocycles. The van der Waals surface area contributed by atoms with Crippen LogP contribution in [0.3, 0.4) is 0 Å². The molecular formula is C21H19N3O2S. The van der Waals surface area contributed by atoms with Gasteiger partial charge < -0.3 is 4.57 Å². The maximum absolute atomic E-state index is 11.7. The van der Waals surface area contributed by atoms with E-state index in [1.807, 2.05) is 30.6 Å². The first-order valence-electron chi connectivity index (χ1n) is 8.93. The Morgan fingerprint density at radius 1 is 1.07 bits per heavy atom. The zero-order valence-corrected chi connectivity index (χ0v) is 15.5.